The molecule has 0 bridgehead atoms. The smallest absolute Gasteiger partial charge is 0.303 e. The average Bonchev–Trinajstić information content (AvgIpc) is 2.27. The molecule has 1 amide bonds. The molecule has 0 unspecified atom stereocenters. The Hall–Kier alpha value is -1.84. The lowest BCUT2D eigenvalue weighted by atomic mass is 9.85. The van der Waals surface area contributed by atoms with Gasteiger partial charge in [-0.2, -0.15) is 0 Å². The van der Waals surface area contributed by atoms with Crippen molar-refractivity contribution in [3.8, 4) is 0 Å². The highest BCUT2D eigenvalue weighted by Crippen LogP contribution is 2.24. The molecule has 19 heavy (non-hydrogen) atoms. The Morgan fingerprint density at radius 3 is 2.37 bits per heavy atom. The molecule has 0 saturated heterocycles. The van der Waals surface area contributed by atoms with Crippen LogP contribution >= 0.6 is 0 Å². The van der Waals surface area contributed by atoms with Crippen molar-refractivity contribution in [3.05, 3.63) is 35.9 Å². The molecule has 104 valence electrons. The van der Waals surface area contributed by atoms with Gasteiger partial charge in [0.25, 0.3) is 0 Å². The molecule has 4 nitrogen and oxygen atoms in total. The van der Waals surface area contributed by atoms with E-state index in [0.717, 1.165) is 6.42 Å². The lowest BCUT2D eigenvalue weighted by molar-refractivity contribution is -0.139. The Morgan fingerprint density at radius 2 is 1.79 bits per heavy atom. The van der Waals surface area contributed by atoms with Crippen molar-refractivity contribution in [1.82, 2.24) is 5.32 Å². The van der Waals surface area contributed by atoms with Gasteiger partial charge in [0.15, 0.2) is 0 Å². The van der Waals surface area contributed by atoms with E-state index in [-0.39, 0.29) is 18.7 Å². The van der Waals surface area contributed by atoms with Crippen molar-refractivity contribution in [1.29, 1.82) is 0 Å². The fraction of sp³-hybridized carbons (Fsp3) is 0.467. The standard InChI is InChI=1S/C15H21NO3/c1-15(2,11-14(18)19)10-13(17)16-9-8-12-6-4-3-5-7-12/h3-7H,8-11H2,1-2H3,(H,16,17)(H,18,19). The third-order valence-corrected chi connectivity index (χ3v) is 2.85. The van der Waals surface area contributed by atoms with Gasteiger partial charge in [0, 0.05) is 13.0 Å². The molecule has 0 fully saturated rings. The van der Waals surface area contributed by atoms with Crippen LogP contribution in [-0.2, 0) is 16.0 Å². The lowest BCUT2D eigenvalue weighted by Gasteiger charge is -2.21. The van der Waals surface area contributed by atoms with Gasteiger partial charge in [0.1, 0.15) is 0 Å². The van der Waals surface area contributed by atoms with Crippen LogP contribution in [0, 0.1) is 5.41 Å². The number of carbonyl (C=O) groups excluding carboxylic acids is 1. The molecule has 0 aliphatic carbocycles. The maximum Gasteiger partial charge on any atom is 0.303 e. The number of carbonyl (C=O) groups is 2. The molecule has 0 saturated carbocycles. The van der Waals surface area contributed by atoms with E-state index in [1.165, 1.54) is 5.56 Å². The average molecular weight is 263 g/mol. The van der Waals surface area contributed by atoms with E-state index < -0.39 is 11.4 Å². The number of aliphatic carboxylic acids is 1. The Labute approximate surface area is 113 Å². The Kier molecular flexibility index (Phi) is 5.55. The summed E-state index contributed by atoms with van der Waals surface area (Å²) in [6, 6.07) is 9.91. The summed E-state index contributed by atoms with van der Waals surface area (Å²) in [6.07, 6.45) is 1.01. The number of amides is 1. The maximum atomic E-state index is 11.7. The van der Waals surface area contributed by atoms with Crippen molar-refractivity contribution in [3.63, 3.8) is 0 Å². The van der Waals surface area contributed by atoms with Gasteiger partial charge < -0.3 is 10.4 Å². The fourth-order valence-corrected chi connectivity index (χ4v) is 1.96. The number of benzene rings is 1. The second-order valence-electron chi connectivity index (χ2n) is 5.50. The largest absolute Gasteiger partial charge is 0.481 e. The summed E-state index contributed by atoms with van der Waals surface area (Å²) in [7, 11) is 0. The molecule has 1 rings (SSSR count). The summed E-state index contributed by atoms with van der Waals surface area (Å²) in [4.78, 5) is 22.4. The first-order chi connectivity index (χ1) is 8.89. The Bertz CT molecular complexity index is 426. The minimum Gasteiger partial charge on any atom is -0.481 e. The monoisotopic (exact) mass is 263 g/mol. The summed E-state index contributed by atoms with van der Waals surface area (Å²) >= 11 is 0. The Balaban J connectivity index is 2.30. The van der Waals surface area contributed by atoms with Crippen LogP contribution in [0.4, 0.5) is 0 Å². The normalized spacial score (nSPS) is 11.1. The van der Waals surface area contributed by atoms with E-state index in [9.17, 15) is 9.59 Å². The van der Waals surface area contributed by atoms with Crippen molar-refractivity contribution < 1.29 is 14.7 Å². The van der Waals surface area contributed by atoms with Gasteiger partial charge in [-0.15, -0.1) is 0 Å². The van der Waals surface area contributed by atoms with Crippen molar-refractivity contribution in [2.75, 3.05) is 6.54 Å². The van der Waals surface area contributed by atoms with Crippen LogP contribution in [0.1, 0.15) is 32.3 Å². The molecule has 0 atom stereocenters. The number of nitrogens with one attached hydrogen (secondary N) is 1. The molecule has 0 spiro atoms. The van der Waals surface area contributed by atoms with Gasteiger partial charge in [-0.05, 0) is 17.4 Å². The molecule has 4 heteroatoms. The number of hydrogen-bond donors (Lipinski definition) is 2. The third kappa shape index (κ3) is 6.60. The topological polar surface area (TPSA) is 66.4 Å². The molecule has 0 radical (unpaired) electrons. The molecule has 0 aliphatic heterocycles. The zero-order valence-corrected chi connectivity index (χ0v) is 11.5. The van der Waals surface area contributed by atoms with Crippen LogP contribution in [0.2, 0.25) is 0 Å². The molecule has 0 heterocycles. The molecular formula is C15H21NO3. The number of rotatable bonds is 7. The number of hydrogen-bond acceptors (Lipinski definition) is 2. The molecule has 0 aromatic heterocycles. The van der Waals surface area contributed by atoms with Gasteiger partial charge >= 0.3 is 5.97 Å². The summed E-state index contributed by atoms with van der Waals surface area (Å²) in [5.74, 6) is -0.968. The Morgan fingerprint density at radius 1 is 1.16 bits per heavy atom. The van der Waals surface area contributed by atoms with Crippen molar-refractivity contribution in [2.24, 2.45) is 5.41 Å². The van der Waals surface area contributed by atoms with Crippen molar-refractivity contribution in [2.45, 2.75) is 33.1 Å². The van der Waals surface area contributed by atoms with E-state index in [2.05, 4.69) is 5.32 Å². The molecular weight excluding hydrogens is 242 g/mol. The first-order valence-electron chi connectivity index (χ1n) is 6.41. The van der Waals surface area contributed by atoms with Crippen LogP contribution < -0.4 is 5.32 Å². The van der Waals surface area contributed by atoms with Crippen LogP contribution in [0.15, 0.2) is 30.3 Å². The van der Waals surface area contributed by atoms with Gasteiger partial charge in [-0.3, -0.25) is 9.59 Å². The first kappa shape index (κ1) is 15.2. The second kappa shape index (κ2) is 6.92. The van der Waals surface area contributed by atoms with Crippen LogP contribution in [0.25, 0.3) is 0 Å². The minimum absolute atomic E-state index is 0.000888. The van der Waals surface area contributed by atoms with Gasteiger partial charge in [0.2, 0.25) is 5.91 Å². The van der Waals surface area contributed by atoms with E-state index >= 15 is 0 Å². The maximum absolute atomic E-state index is 11.7. The molecule has 1 aromatic rings. The summed E-state index contributed by atoms with van der Waals surface area (Å²) in [5.41, 5.74) is 0.662. The van der Waals surface area contributed by atoms with E-state index in [1.807, 2.05) is 30.3 Å². The zero-order chi connectivity index (χ0) is 14.3. The van der Waals surface area contributed by atoms with E-state index in [4.69, 9.17) is 5.11 Å². The number of carboxylic acids is 1. The van der Waals surface area contributed by atoms with Crippen LogP contribution in [-0.4, -0.2) is 23.5 Å². The molecule has 2 N–H and O–H groups in total. The summed E-state index contributed by atoms with van der Waals surface area (Å²) in [6.45, 7) is 4.15. The summed E-state index contributed by atoms with van der Waals surface area (Å²) in [5, 5.41) is 11.6. The van der Waals surface area contributed by atoms with Gasteiger partial charge in [0.05, 0.1) is 6.42 Å². The van der Waals surface area contributed by atoms with E-state index in [1.54, 1.807) is 13.8 Å². The quantitative estimate of drug-likeness (QED) is 0.792. The van der Waals surface area contributed by atoms with Gasteiger partial charge in [-0.25, -0.2) is 0 Å². The lowest BCUT2D eigenvalue weighted by Crippen LogP contribution is -2.31. The van der Waals surface area contributed by atoms with Crippen LogP contribution in [0.5, 0.6) is 0 Å². The minimum atomic E-state index is -0.873. The molecule has 0 aliphatic rings. The van der Waals surface area contributed by atoms with Gasteiger partial charge in [-0.1, -0.05) is 44.2 Å². The fourth-order valence-electron chi connectivity index (χ4n) is 1.96. The third-order valence-electron chi connectivity index (χ3n) is 2.85. The summed E-state index contributed by atoms with van der Waals surface area (Å²) < 4.78 is 0. The number of carboxylic acid groups (broad SMARTS) is 1. The predicted molar refractivity (Wildman–Crippen MR) is 73.8 cm³/mol. The second-order valence-corrected chi connectivity index (χ2v) is 5.50. The highest BCUT2D eigenvalue weighted by molar-refractivity contribution is 5.77. The highest BCUT2D eigenvalue weighted by atomic mass is 16.4. The van der Waals surface area contributed by atoms with E-state index in [0.29, 0.717) is 6.54 Å². The highest BCUT2D eigenvalue weighted by Gasteiger charge is 2.24. The van der Waals surface area contributed by atoms with Crippen LogP contribution in [0.3, 0.4) is 0 Å². The first-order valence-corrected chi connectivity index (χ1v) is 6.41. The molecule has 1 aromatic carbocycles. The van der Waals surface area contributed by atoms with Crippen molar-refractivity contribution >= 4 is 11.9 Å². The SMILES string of the molecule is CC(C)(CC(=O)O)CC(=O)NCCc1ccccc1. The zero-order valence-electron chi connectivity index (χ0n) is 11.5. The predicted octanol–water partition coefficient (Wildman–Crippen LogP) is 2.24.